The highest BCUT2D eigenvalue weighted by molar-refractivity contribution is 7.80. The van der Waals surface area contributed by atoms with E-state index in [1.807, 2.05) is 4.90 Å². The van der Waals surface area contributed by atoms with Gasteiger partial charge in [0, 0.05) is 31.5 Å². The highest BCUT2D eigenvalue weighted by atomic mass is 32.1. The van der Waals surface area contributed by atoms with Crippen LogP contribution in [-0.2, 0) is 9.53 Å². The van der Waals surface area contributed by atoms with Crippen LogP contribution in [-0.4, -0.2) is 73.8 Å². The van der Waals surface area contributed by atoms with Crippen molar-refractivity contribution < 1.29 is 19.4 Å². The number of carbonyl (C=O) groups is 1. The zero-order valence-electron chi connectivity index (χ0n) is 14.7. The fourth-order valence-electron chi connectivity index (χ4n) is 2.65. The van der Waals surface area contributed by atoms with Gasteiger partial charge in [-0.25, -0.2) is 0 Å². The molecular weight excluding hydrogens is 358 g/mol. The largest absolute Gasteiger partial charge is 0.383 e. The first-order valence-corrected chi connectivity index (χ1v) is 8.80. The van der Waals surface area contributed by atoms with Gasteiger partial charge in [0.05, 0.1) is 37.7 Å². The van der Waals surface area contributed by atoms with E-state index in [4.69, 9.17) is 17.0 Å². The number of nitrogens with zero attached hydrogens (tertiary/aromatic N) is 2. The van der Waals surface area contributed by atoms with E-state index >= 15 is 0 Å². The summed E-state index contributed by atoms with van der Waals surface area (Å²) in [5.41, 5.74) is 0.760. The molecule has 2 rings (SSSR count). The van der Waals surface area contributed by atoms with Crippen molar-refractivity contribution in [2.75, 3.05) is 58.3 Å². The Labute approximate surface area is 157 Å². The number of piperazine rings is 1. The van der Waals surface area contributed by atoms with Crippen LogP contribution in [0.15, 0.2) is 24.3 Å². The van der Waals surface area contributed by atoms with E-state index in [0.29, 0.717) is 30.5 Å². The number of carbonyl (C=O) groups excluding carboxylic acids is 1. The number of hydrogen-bond donors (Lipinski definition) is 3. The number of hydrogen-bond acceptors (Lipinski definition) is 5. The average Bonchev–Trinajstić information content (AvgIpc) is 2.63. The number of rotatable bonds is 7. The molecule has 1 aliphatic rings. The molecule has 26 heavy (non-hydrogen) atoms. The highest BCUT2D eigenvalue weighted by Crippen LogP contribution is 2.15. The SMILES string of the molecule is COCCNC(=O)C[NH+]1CCN(C(=S)Nc2ccc([N+](=O)[O-])cc2)CC1. The van der Waals surface area contributed by atoms with Gasteiger partial charge in [0.25, 0.3) is 11.6 Å². The summed E-state index contributed by atoms with van der Waals surface area (Å²) in [7, 11) is 1.60. The maximum Gasteiger partial charge on any atom is 0.275 e. The fourth-order valence-corrected chi connectivity index (χ4v) is 2.95. The van der Waals surface area contributed by atoms with Gasteiger partial charge < -0.3 is 25.2 Å². The average molecular weight is 382 g/mol. The quantitative estimate of drug-likeness (QED) is 0.247. The summed E-state index contributed by atoms with van der Waals surface area (Å²) in [6.45, 7) is 4.62. The highest BCUT2D eigenvalue weighted by Gasteiger charge is 2.23. The number of amides is 1. The molecule has 0 atom stereocenters. The van der Waals surface area contributed by atoms with Gasteiger partial charge in [-0.1, -0.05) is 0 Å². The summed E-state index contributed by atoms with van der Waals surface area (Å²) in [6.07, 6.45) is 0. The van der Waals surface area contributed by atoms with Crippen LogP contribution in [0.2, 0.25) is 0 Å². The van der Waals surface area contributed by atoms with Crippen LogP contribution in [0, 0.1) is 10.1 Å². The Hall–Kier alpha value is -2.30. The molecule has 0 unspecified atom stereocenters. The first-order chi connectivity index (χ1) is 12.5. The molecule has 1 fully saturated rings. The minimum Gasteiger partial charge on any atom is -0.383 e. The first-order valence-electron chi connectivity index (χ1n) is 8.39. The number of ether oxygens (including phenoxy) is 1. The Morgan fingerprint density at radius 1 is 1.35 bits per heavy atom. The van der Waals surface area contributed by atoms with Crippen molar-refractivity contribution in [3.05, 3.63) is 34.4 Å². The lowest BCUT2D eigenvalue weighted by molar-refractivity contribution is -0.895. The molecule has 0 bridgehead atoms. The molecule has 0 aliphatic carbocycles. The number of non-ortho nitro benzene ring substituents is 1. The fraction of sp³-hybridized carbons (Fsp3) is 0.500. The van der Waals surface area contributed by atoms with E-state index in [-0.39, 0.29) is 11.6 Å². The maximum absolute atomic E-state index is 11.8. The first kappa shape index (κ1) is 20.0. The van der Waals surface area contributed by atoms with E-state index in [9.17, 15) is 14.9 Å². The maximum atomic E-state index is 11.8. The molecule has 1 saturated heterocycles. The lowest BCUT2D eigenvalue weighted by Gasteiger charge is -2.33. The van der Waals surface area contributed by atoms with Gasteiger partial charge in [0.2, 0.25) is 0 Å². The third-order valence-corrected chi connectivity index (χ3v) is 4.49. The molecule has 10 heteroatoms. The zero-order valence-corrected chi connectivity index (χ0v) is 15.5. The topological polar surface area (TPSA) is 101 Å². The predicted molar refractivity (Wildman–Crippen MR) is 101 cm³/mol. The Morgan fingerprint density at radius 2 is 2.00 bits per heavy atom. The third kappa shape index (κ3) is 6.21. The molecule has 1 aromatic rings. The van der Waals surface area contributed by atoms with Gasteiger partial charge in [0.15, 0.2) is 11.7 Å². The molecule has 3 N–H and O–H groups in total. The van der Waals surface area contributed by atoms with Crippen LogP contribution in [0.4, 0.5) is 11.4 Å². The number of anilines is 1. The second-order valence-corrected chi connectivity index (χ2v) is 6.38. The smallest absolute Gasteiger partial charge is 0.275 e. The standard InChI is InChI=1S/C16H23N5O4S/c1-25-11-6-17-15(22)12-19-7-9-20(10-8-19)16(26)18-13-2-4-14(5-3-13)21(23)24/h2-5H,6-12H2,1H3,(H,17,22)(H,18,26)/p+1. The third-order valence-electron chi connectivity index (χ3n) is 4.13. The van der Waals surface area contributed by atoms with Crippen molar-refractivity contribution in [1.82, 2.24) is 10.2 Å². The Morgan fingerprint density at radius 3 is 2.58 bits per heavy atom. The van der Waals surface area contributed by atoms with E-state index in [1.54, 1.807) is 19.2 Å². The molecule has 1 heterocycles. The summed E-state index contributed by atoms with van der Waals surface area (Å²) in [4.78, 5) is 25.3. The summed E-state index contributed by atoms with van der Waals surface area (Å²) in [6, 6.07) is 6.15. The number of nitro groups is 1. The Bertz CT molecular complexity index is 632. The molecule has 0 saturated carbocycles. The van der Waals surface area contributed by atoms with Gasteiger partial charge >= 0.3 is 0 Å². The van der Waals surface area contributed by atoms with Crippen molar-refractivity contribution in [2.24, 2.45) is 0 Å². The molecule has 1 aromatic carbocycles. The van der Waals surface area contributed by atoms with Crippen molar-refractivity contribution in [1.29, 1.82) is 0 Å². The second kappa shape index (κ2) is 10.00. The summed E-state index contributed by atoms with van der Waals surface area (Å²) in [5, 5.41) is 17.2. The number of thiocarbonyl (C=S) groups is 1. The van der Waals surface area contributed by atoms with Gasteiger partial charge in [-0.15, -0.1) is 0 Å². The predicted octanol–water partition coefficient (Wildman–Crippen LogP) is -0.745. The second-order valence-electron chi connectivity index (χ2n) is 5.99. The molecule has 0 spiro atoms. The van der Waals surface area contributed by atoms with Gasteiger partial charge in [-0.3, -0.25) is 14.9 Å². The van der Waals surface area contributed by atoms with Gasteiger partial charge in [-0.05, 0) is 24.4 Å². The van der Waals surface area contributed by atoms with E-state index < -0.39 is 4.92 Å². The summed E-state index contributed by atoms with van der Waals surface area (Å²) < 4.78 is 4.91. The van der Waals surface area contributed by atoms with Crippen molar-refractivity contribution in [3.8, 4) is 0 Å². The van der Waals surface area contributed by atoms with Crippen molar-refractivity contribution >= 4 is 34.6 Å². The van der Waals surface area contributed by atoms with Crippen LogP contribution in [0.3, 0.4) is 0 Å². The molecule has 9 nitrogen and oxygen atoms in total. The van der Waals surface area contributed by atoms with Gasteiger partial charge in [0.1, 0.15) is 0 Å². The lowest BCUT2D eigenvalue weighted by atomic mass is 10.3. The van der Waals surface area contributed by atoms with Crippen LogP contribution >= 0.6 is 12.2 Å². The number of methoxy groups -OCH3 is 1. The minimum atomic E-state index is -0.435. The monoisotopic (exact) mass is 382 g/mol. The number of benzene rings is 1. The lowest BCUT2D eigenvalue weighted by Crippen LogP contribution is -3.15. The Kier molecular flexibility index (Phi) is 7.70. The molecule has 1 amide bonds. The van der Waals surface area contributed by atoms with Crippen molar-refractivity contribution in [3.63, 3.8) is 0 Å². The van der Waals surface area contributed by atoms with Crippen molar-refractivity contribution in [2.45, 2.75) is 0 Å². The molecule has 1 aliphatic heterocycles. The molecular formula is C16H24N5O4S+. The van der Waals surface area contributed by atoms with Crippen LogP contribution in [0.1, 0.15) is 0 Å². The normalized spacial score (nSPS) is 14.7. The van der Waals surface area contributed by atoms with Gasteiger partial charge in [-0.2, -0.15) is 0 Å². The number of quaternary nitrogens is 1. The number of nitro benzene ring substituents is 1. The van der Waals surface area contributed by atoms with Crippen LogP contribution in [0.5, 0.6) is 0 Å². The van der Waals surface area contributed by atoms with E-state index in [0.717, 1.165) is 26.2 Å². The number of nitrogens with one attached hydrogen (secondary N) is 3. The summed E-state index contributed by atoms with van der Waals surface area (Å²) >= 11 is 5.42. The van der Waals surface area contributed by atoms with E-state index in [1.165, 1.54) is 17.0 Å². The molecule has 142 valence electrons. The molecule has 0 radical (unpaired) electrons. The van der Waals surface area contributed by atoms with Crippen LogP contribution in [0.25, 0.3) is 0 Å². The van der Waals surface area contributed by atoms with Crippen LogP contribution < -0.4 is 15.5 Å². The van der Waals surface area contributed by atoms with E-state index in [2.05, 4.69) is 10.6 Å². The minimum absolute atomic E-state index is 0.0251. The molecule has 0 aromatic heterocycles. The summed E-state index contributed by atoms with van der Waals surface area (Å²) in [5.74, 6) is 0.0251. The Balaban J connectivity index is 1.74. The zero-order chi connectivity index (χ0) is 18.9.